The number of nitrogens with zero attached hydrogens (tertiary/aromatic N) is 4. The van der Waals surface area contributed by atoms with Gasteiger partial charge in [0, 0.05) is 26.2 Å². The zero-order valence-electron chi connectivity index (χ0n) is 38.2. The molecule has 0 radical (unpaired) electrons. The van der Waals surface area contributed by atoms with Crippen molar-refractivity contribution >= 4 is 59.2 Å². The van der Waals surface area contributed by atoms with Gasteiger partial charge in [-0.1, -0.05) is 48.0 Å². The molecule has 0 saturated carbocycles. The fourth-order valence-electron chi connectivity index (χ4n) is 9.03. The van der Waals surface area contributed by atoms with E-state index in [0.717, 1.165) is 0 Å². The van der Waals surface area contributed by atoms with Crippen LogP contribution in [0.25, 0.3) is 0 Å². The summed E-state index contributed by atoms with van der Waals surface area (Å²) < 4.78 is 0. The number of carboxylic acids is 2. The van der Waals surface area contributed by atoms with Gasteiger partial charge < -0.3 is 56.8 Å². The van der Waals surface area contributed by atoms with Crippen molar-refractivity contribution < 1.29 is 58.2 Å². The minimum absolute atomic E-state index is 0.124. The Morgan fingerprint density at radius 3 is 1.50 bits per heavy atom. The van der Waals surface area contributed by atoms with E-state index in [2.05, 4.69) is 21.3 Å². The van der Waals surface area contributed by atoms with Crippen LogP contribution in [0.15, 0.2) is 0 Å². The molecule has 4 saturated heterocycles. The second-order valence-corrected chi connectivity index (χ2v) is 18.4. The number of carboxylic acid groups (broad SMARTS) is 2. The smallest absolute Gasteiger partial charge is 0.326 e. The number of amides is 8. The fraction of sp³-hybridized carbons (Fsp3) is 0.767. The minimum Gasteiger partial charge on any atom is -0.481 e. The molecule has 358 valence electrons. The highest BCUT2D eigenvalue weighted by Gasteiger charge is 2.47. The summed E-state index contributed by atoms with van der Waals surface area (Å²) in [5.74, 6) is -8.63. The summed E-state index contributed by atoms with van der Waals surface area (Å²) in [5, 5.41) is 29.3. The van der Waals surface area contributed by atoms with Crippen LogP contribution in [0, 0.1) is 17.8 Å². The van der Waals surface area contributed by atoms with Gasteiger partial charge in [0.1, 0.15) is 48.3 Å². The number of carbonyl (C=O) groups excluding carboxylic acids is 8. The van der Waals surface area contributed by atoms with E-state index in [1.165, 1.54) is 26.5 Å². The predicted molar refractivity (Wildman–Crippen MR) is 229 cm³/mol. The van der Waals surface area contributed by atoms with Crippen LogP contribution in [0.1, 0.15) is 113 Å². The molecule has 21 heteroatoms. The molecule has 0 bridgehead atoms. The summed E-state index contributed by atoms with van der Waals surface area (Å²) in [6.07, 6.45) is 2.99. The number of hydrogen-bond acceptors (Lipinski definition) is 11. The Kier molecular flexibility index (Phi) is 18.1. The summed E-state index contributed by atoms with van der Waals surface area (Å²) >= 11 is 0. The molecule has 4 aliphatic heterocycles. The summed E-state index contributed by atoms with van der Waals surface area (Å²) in [6, 6.07) is -9.62. The lowest BCUT2D eigenvalue weighted by Crippen LogP contribution is -2.60. The maximum absolute atomic E-state index is 14.3. The summed E-state index contributed by atoms with van der Waals surface area (Å²) in [6.45, 7) is 12.9. The third-order valence-corrected chi connectivity index (χ3v) is 13.1. The Labute approximate surface area is 374 Å². The average molecular weight is 904 g/mol. The van der Waals surface area contributed by atoms with Crippen molar-refractivity contribution in [2.75, 3.05) is 26.2 Å². The Hall–Kier alpha value is -5.34. The Morgan fingerprint density at radius 2 is 1.02 bits per heavy atom. The third-order valence-electron chi connectivity index (χ3n) is 13.1. The number of carbonyl (C=O) groups is 10. The van der Waals surface area contributed by atoms with Crippen LogP contribution in [-0.2, 0) is 47.9 Å². The highest BCUT2D eigenvalue weighted by atomic mass is 16.4. The van der Waals surface area contributed by atoms with Crippen LogP contribution < -0.4 is 27.0 Å². The molecule has 8 amide bonds. The van der Waals surface area contributed by atoms with E-state index in [9.17, 15) is 58.2 Å². The van der Waals surface area contributed by atoms with Gasteiger partial charge in [0.15, 0.2) is 0 Å². The Morgan fingerprint density at radius 1 is 0.562 bits per heavy atom. The lowest BCUT2D eigenvalue weighted by molar-refractivity contribution is -0.151. The van der Waals surface area contributed by atoms with Crippen molar-refractivity contribution in [1.82, 2.24) is 40.9 Å². The number of aliphatic carboxylic acids is 2. The Balaban J connectivity index is 1.41. The van der Waals surface area contributed by atoms with Gasteiger partial charge in [-0.05, 0) is 76.0 Å². The van der Waals surface area contributed by atoms with Crippen LogP contribution in [0.3, 0.4) is 0 Å². The van der Waals surface area contributed by atoms with Crippen molar-refractivity contribution in [2.24, 2.45) is 23.5 Å². The van der Waals surface area contributed by atoms with Crippen molar-refractivity contribution in [3.05, 3.63) is 0 Å². The minimum atomic E-state index is -1.66. The molecular weight excluding hydrogens is 835 g/mol. The highest BCUT2D eigenvalue weighted by molar-refractivity contribution is 5.99. The maximum Gasteiger partial charge on any atom is 0.326 e. The van der Waals surface area contributed by atoms with Gasteiger partial charge in [0.25, 0.3) is 0 Å². The molecule has 64 heavy (non-hydrogen) atoms. The van der Waals surface area contributed by atoms with Gasteiger partial charge >= 0.3 is 11.9 Å². The van der Waals surface area contributed by atoms with Gasteiger partial charge in [0.05, 0.1) is 12.5 Å². The number of nitrogens with one attached hydrogen (secondary N) is 4. The van der Waals surface area contributed by atoms with Gasteiger partial charge in [-0.2, -0.15) is 0 Å². The molecule has 4 rings (SSSR count). The normalized spacial score (nSPS) is 23.8. The van der Waals surface area contributed by atoms with Crippen molar-refractivity contribution in [3.8, 4) is 0 Å². The first-order valence-corrected chi connectivity index (χ1v) is 22.7. The second kappa shape index (κ2) is 22.5. The van der Waals surface area contributed by atoms with Gasteiger partial charge in [-0.25, -0.2) is 4.79 Å². The van der Waals surface area contributed by atoms with Gasteiger partial charge in [-0.15, -0.1) is 0 Å². The average Bonchev–Trinajstić information content (AvgIpc) is 4.09. The number of hydrogen-bond donors (Lipinski definition) is 7. The van der Waals surface area contributed by atoms with Crippen LogP contribution in [0.2, 0.25) is 0 Å². The number of nitrogens with two attached hydrogens (primary N) is 1. The third kappa shape index (κ3) is 12.1. The first-order valence-electron chi connectivity index (χ1n) is 22.7. The van der Waals surface area contributed by atoms with E-state index in [0.29, 0.717) is 57.9 Å². The van der Waals surface area contributed by atoms with E-state index in [4.69, 9.17) is 5.73 Å². The van der Waals surface area contributed by atoms with Crippen LogP contribution in [0.4, 0.5) is 0 Å². The highest BCUT2D eigenvalue weighted by Crippen LogP contribution is 2.29. The molecule has 10 atom stereocenters. The van der Waals surface area contributed by atoms with E-state index in [1.807, 2.05) is 13.8 Å². The summed E-state index contributed by atoms with van der Waals surface area (Å²) in [7, 11) is 0. The number of likely N-dealkylation sites (tertiary alicyclic amines) is 4. The van der Waals surface area contributed by atoms with E-state index in [-0.39, 0.29) is 37.9 Å². The SMILES string of the molecule is CC[C@H](C)[C@H](NC(=O)[C@H](CC(=O)O)NC(=O)[C@@H](NC(=O)[C@@H]1CCCN1C(=O)[C@@H]1CCCN1C(=O)[C@@H]1CCCN1C(=O)[C@H](C)NC(=O)[C@@H]1CCCN1C(=O)[C@@H](N)C(C)C)C(C)C)C(=O)O. The lowest BCUT2D eigenvalue weighted by atomic mass is 9.98. The van der Waals surface area contributed by atoms with Crippen LogP contribution >= 0.6 is 0 Å². The molecule has 0 aromatic rings. The molecule has 21 nitrogen and oxygen atoms in total. The van der Waals surface area contributed by atoms with Crippen molar-refractivity contribution in [2.45, 2.75) is 167 Å². The van der Waals surface area contributed by atoms with Crippen molar-refractivity contribution in [3.63, 3.8) is 0 Å². The molecule has 0 aromatic carbocycles. The first kappa shape index (κ1) is 51.3. The Bertz CT molecular complexity index is 1790. The predicted octanol–water partition coefficient (Wildman–Crippen LogP) is -0.846. The van der Waals surface area contributed by atoms with E-state index >= 15 is 0 Å². The van der Waals surface area contributed by atoms with E-state index < -0.39 is 126 Å². The van der Waals surface area contributed by atoms with Gasteiger partial charge in [0.2, 0.25) is 47.3 Å². The molecule has 0 spiro atoms. The molecule has 0 aromatic heterocycles. The largest absolute Gasteiger partial charge is 0.481 e. The zero-order chi connectivity index (χ0) is 47.7. The molecule has 4 aliphatic rings. The molecule has 4 fully saturated rings. The van der Waals surface area contributed by atoms with E-state index in [1.54, 1.807) is 27.7 Å². The molecule has 0 unspecified atom stereocenters. The fourth-order valence-corrected chi connectivity index (χ4v) is 9.03. The first-order chi connectivity index (χ1) is 30.1. The monoisotopic (exact) mass is 904 g/mol. The summed E-state index contributed by atoms with van der Waals surface area (Å²) in [5.41, 5.74) is 6.10. The molecule has 8 N–H and O–H groups in total. The van der Waals surface area contributed by atoms with Crippen molar-refractivity contribution in [1.29, 1.82) is 0 Å². The number of rotatable bonds is 19. The quantitative estimate of drug-likeness (QED) is 0.0833. The van der Waals surface area contributed by atoms with Crippen LogP contribution in [0.5, 0.6) is 0 Å². The molecule has 4 heterocycles. The lowest BCUT2D eigenvalue weighted by Gasteiger charge is -2.35. The van der Waals surface area contributed by atoms with Gasteiger partial charge in [-0.3, -0.25) is 43.2 Å². The second-order valence-electron chi connectivity index (χ2n) is 18.4. The molecule has 0 aliphatic carbocycles. The standard InChI is InChI=1S/C43H69N9O12/c1-8-24(6)34(43(63)64)48-35(55)26(21-31(53)54)46-38(58)33(23(4)5)47-37(57)28-14-9-17-49(28)40(60)30-16-12-20-52(30)41(61)29-15-11-19-51(29)39(59)25(7)45-36(56)27-13-10-18-50(27)42(62)32(44)22(2)3/h22-30,32-34H,8-21,44H2,1-7H3,(H,45,56)(H,46,58)(H,47,57)(H,48,55)(H,53,54)(H,63,64)/t24-,25-,26-,27-,28-,29-,30-,32-,33-,34-/m0/s1. The maximum atomic E-state index is 14.3. The van der Waals surface area contributed by atoms with Crippen LogP contribution in [-0.4, -0.2) is 170 Å². The molecular formula is C43H69N9O12. The zero-order valence-corrected chi connectivity index (χ0v) is 38.2. The topological polar surface area (TPSA) is 298 Å². The summed E-state index contributed by atoms with van der Waals surface area (Å²) in [4.78, 5) is 139.